The highest BCUT2D eigenvalue weighted by Crippen LogP contribution is 2.24. The Bertz CT molecular complexity index is 1790. The van der Waals surface area contributed by atoms with Crippen molar-refractivity contribution in [1.29, 1.82) is 0 Å². The molecule has 0 unspecified atom stereocenters. The van der Waals surface area contributed by atoms with Crippen LogP contribution in [0.15, 0.2) is 106 Å². The first-order chi connectivity index (χ1) is 29.4. The van der Waals surface area contributed by atoms with Crippen molar-refractivity contribution in [3.05, 3.63) is 124 Å². The minimum absolute atomic E-state index is 0.0583. The molecular formula is C48H60N6O6. The summed E-state index contributed by atoms with van der Waals surface area (Å²) in [6.07, 6.45) is 17.0. The van der Waals surface area contributed by atoms with Crippen LogP contribution in [0.2, 0.25) is 0 Å². The predicted octanol–water partition coefficient (Wildman–Crippen LogP) is 8.16. The molecule has 12 heteroatoms. The number of hydrogen-bond donors (Lipinski definition) is 3. The Balaban J connectivity index is 1.58. The molecule has 12 nitrogen and oxygen atoms in total. The first kappa shape index (κ1) is 46.9. The van der Waals surface area contributed by atoms with Crippen molar-refractivity contribution in [1.82, 2.24) is 0 Å². The van der Waals surface area contributed by atoms with E-state index in [0.29, 0.717) is 56.0 Å². The minimum atomic E-state index is -0.792. The molecule has 318 valence electrons. The van der Waals surface area contributed by atoms with Crippen molar-refractivity contribution < 1.29 is 28.6 Å². The van der Waals surface area contributed by atoms with Crippen LogP contribution in [0.3, 0.4) is 0 Å². The second kappa shape index (κ2) is 27.8. The molecule has 4 aromatic rings. The summed E-state index contributed by atoms with van der Waals surface area (Å²) in [5.74, 6) is -1.57. The van der Waals surface area contributed by atoms with E-state index < -0.39 is 17.9 Å². The third kappa shape index (κ3) is 16.8. The summed E-state index contributed by atoms with van der Waals surface area (Å²) >= 11 is 0. The van der Waals surface area contributed by atoms with Crippen LogP contribution in [0.4, 0.5) is 0 Å². The number of nitrogens with zero attached hydrogens (tertiary/aromatic N) is 3. The van der Waals surface area contributed by atoms with Crippen molar-refractivity contribution >= 4 is 36.6 Å². The van der Waals surface area contributed by atoms with Gasteiger partial charge in [0.25, 0.3) is 0 Å². The second-order valence-corrected chi connectivity index (χ2v) is 14.3. The van der Waals surface area contributed by atoms with Crippen molar-refractivity contribution in [2.24, 2.45) is 32.2 Å². The number of esters is 3. The monoisotopic (exact) mass is 816 g/mol. The molecule has 4 aromatic carbocycles. The molecule has 0 aliphatic rings. The fourth-order valence-electron chi connectivity index (χ4n) is 6.09. The number of carbonyl (C=O) groups is 3. The van der Waals surface area contributed by atoms with Crippen LogP contribution in [0.5, 0.6) is 17.2 Å². The van der Waals surface area contributed by atoms with E-state index in [4.69, 9.17) is 31.4 Å². The Morgan fingerprint density at radius 1 is 0.400 bits per heavy atom. The number of para-hydroxylation sites is 3. The maximum Gasteiger partial charge on any atom is 0.343 e. The number of unbranched alkanes of at least 4 members (excludes halogenated alkanes) is 9. The first-order valence-corrected chi connectivity index (χ1v) is 21.1. The van der Waals surface area contributed by atoms with Crippen molar-refractivity contribution in [3.8, 4) is 17.2 Å². The van der Waals surface area contributed by atoms with Gasteiger partial charge in [0.15, 0.2) is 0 Å². The van der Waals surface area contributed by atoms with Crippen LogP contribution in [-0.4, -0.2) is 75.8 Å². The Labute approximate surface area is 354 Å². The Morgan fingerprint density at radius 3 is 0.950 bits per heavy atom. The highest BCUT2D eigenvalue weighted by atomic mass is 16.5. The quantitative estimate of drug-likeness (QED) is 0.0230. The molecule has 0 spiro atoms. The topological polar surface area (TPSA) is 194 Å². The molecule has 0 amide bonds. The van der Waals surface area contributed by atoms with Crippen LogP contribution in [-0.2, 0) is 0 Å². The fraction of sp³-hybridized carbons (Fsp3) is 0.375. The van der Waals surface area contributed by atoms with E-state index in [0.717, 1.165) is 77.0 Å². The molecule has 4 rings (SSSR count). The summed E-state index contributed by atoms with van der Waals surface area (Å²) < 4.78 is 17.6. The SMILES string of the molecule is NCCCCCCN=Cc1ccccc1OC(=O)c1cc(C(=O)Oc2ccccc2C=NCCCCCCN)cc(C(=O)Oc2ccccc2C=NCCCCCCN)c1. The number of ether oxygens (including phenoxy) is 3. The van der Waals surface area contributed by atoms with Crippen molar-refractivity contribution in [2.45, 2.75) is 77.0 Å². The van der Waals surface area contributed by atoms with Gasteiger partial charge in [-0.05, 0) is 113 Å². The first-order valence-electron chi connectivity index (χ1n) is 21.1. The Hall–Kier alpha value is -5.82. The van der Waals surface area contributed by atoms with E-state index in [-0.39, 0.29) is 33.9 Å². The average Bonchev–Trinajstić information content (AvgIpc) is 3.26. The summed E-state index contributed by atoms with van der Waals surface area (Å²) in [6, 6.07) is 25.1. The molecule has 60 heavy (non-hydrogen) atoms. The highest BCUT2D eigenvalue weighted by Gasteiger charge is 2.22. The molecule has 0 aliphatic carbocycles. The van der Waals surface area contributed by atoms with Crippen molar-refractivity contribution in [2.75, 3.05) is 39.3 Å². The van der Waals surface area contributed by atoms with Gasteiger partial charge in [-0.25, -0.2) is 14.4 Å². The minimum Gasteiger partial charge on any atom is -0.422 e. The average molecular weight is 817 g/mol. The van der Waals surface area contributed by atoms with E-state index in [1.54, 1.807) is 73.2 Å². The maximum absolute atomic E-state index is 13.8. The Kier molecular flexibility index (Phi) is 21.7. The molecule has 0 aromatic heterocycles. The second-order valence-electron chi connectivity index (χ2n) is 14.3. The van der Waals surface area contributed by atoms with E-state index >= 15 is 0 Å². The molecule has 6 N–H and O–H groups in total. The number of benzene rings is 4. The van der Waals surface area contributed by atoms with E-state index in [2.05, 4.69) is 15.0 Å². The lowest BCUT2D eigenvalue weighted by Crippen LogP contribution is -2.17. The number of carbonyl (C=O) groups excluding carboxylic acids is 3. The van der Waals surface area contributed by atoms with Crippen LogP contribution in [0.1, 0.15) is 125 Å². The zero-order valence-electron chi connectivity index (χ0n) is 34.6. The molecule has 0 fully saturated rings. The highest BCUT2D eigenvalue weighted by molar-refractivity contribution is 6.03. The van der Waals surface area contributed by atoms with Gasteiger partial charge >= 0.3 is 17.9 Å². The molecule has 0 saturated carbocycles. The van der Waals surface area contributed by atoms with Crippen LogP contribution < -0.4 is 31.4 Å². The summed E-state index contributed by atoms with van der Waals surface area (Å²) in [6.45, 7) is 3.89. The van der Waals surface area contributed by atoms with Crippen molar-refractivity contribution in [3.63, 3.8) is 0 Å². The fourth-order valence-corrected chi connectivity index (χ4v) is 6.09. The van der Waals surface area contributed by atoms with Crippen LogP contribution >= 0.6 is 0 Å². The van der Waals surface area contributed by atoms with Gasteiger partial charge in [-0.15, -0.1) is 0 Å². The molecule has 0 atom stereocenters. The van der Waals surface area contributed by atoms with E-state index in [1.807, 2.05) is 18.2 Å². The lowest BCUT2D eigenvalue weighted by atomic mass is 10.1. The van der Waals surface area contributed by atoms with Crippen LogP contribution in [0.25, 0.3) is 0 Å². The third-order valence-electron chi connectivity index (χ3n) is 9.42. The summed E-state index contributed by atoms with van der Waals surface area (Å²) in [5.41, 5.74) is 18.4. The maximum atomic E-state index is 13.8. The summed E-state index contributed by atoms with van der Waals surface area (Å²) in [4.78, 5) is 55.1. The normalized spacial score (nSPS) is 11.4. The number of rotatable bonds is 27. The molecule has 0 heterocycles. The van der Waals surface area contributed by atoms with Gasteiger partial charge in [0.2, 0.25) is 0 Å². The zero-order valence-corrected chi connectivity index (χ0v) is 34.6. The van der Waals surface area contributed by atoms with Gasteiger partial charge in [0, 0.05) is 55.0 Å². The largest absolute Gasteiger partial charge is 0.422 e. The Morgan fingerprint density at radius 2 is 0.667 bits per heavy atom. The van der Waals surface area contributed by atoms with Gasteiger partial charge in [-0.2, -0.15) is 0 Å². The lowest BCUT2D eigenvalue weighted by Gasteiger charge is -2.12. The van der Waals surface area contributed by atoms with Gasteiger partial charge in [0.1, 0.15) is 17.2 Å². The summed E-state index contributed by atoms with van der Waals surface area (Å²) in [5, 5.41) is 0. The molecular weight excluding hydrogens is 757 g/mol. The molecule has 0 aliphatic heterocycles. The van der Waals surface area contributed by atoms with Gasteiger partial charge in [-0.1, -0.05) is 74.9 Å². The van der Waals surface area contributed by atoms with Gasteiger partial charge in [-0.3, -0.25) is 15.0 Å². The standard InChI is InChI=1S/C48H60N6O6/c49-25-13-1-4-16-28-52-34-37-19-7-10-22-43(37)58-46(55)40-31-41(47(56)59-44-23-11-8-20-38(44)35-53-29-17-5-2-14-26-50)33-42(32-40)48(57)60-45-24-12-9-21-39(45)36-54-30-18-6-3-15-27-51/h7-12,19-24,31-36H,1-6,13-18,25-30,49-51H2. The zero-order chi connectivity index (χ0) is 42.6. The lowest BCUT2D eigenvalue weighted by molar-refractivity contribution is 0.0734. The molecule has 0 radical (unpaired) electrons. The van der Waals surface area contributed by atoms with Crippen LogP contribution in [0, 0.1) is 0 Å². The van der Waals surface area contributed by atoms with Gasteiger partial charge in [0.05, 0.1) is 16.7 Å². The third-order valence-corrected chi connectivity index (χ3v) is 9.42. The molecule has 0 bridgehead atoms. The van der Waals surface area contributed by atoms with E-state index in [1.165, 1.54) is 18.2 Å². The smallest absolute Gasteiger partial charge is 0.343 e. The number of nitrogens with two attached hydrogens (primary N) is 3. The molecule has 0 saturated heterocycles. The van der Waals surface area contributed by atoms with E-state index in [9.17, 15) is 14.4 Å². The number of hydrogen-bond acceptors (Lipinski definition) is 12. The number of aliphatic imine (C=N–C) groups is 3. The summed E-state index contributed by atoms with van der Waals surface area (Å²) in [7, 11) is 0. The predicted molar refractivity (Wildman–Crippen MR) is 241 cm³/mol. The van der Waals surface area contributed by atoms with Gasteiger partial charge < -0.3 is 31.4 Å².